The first kappa shape index (κ1) is 12.1. The lowest BCUT2D eigenvalue weighted by molar-refractivity contribution is -0.145. The molecule has 0 saturated carbocycles. The minimum Gasteiger partial charge on any atom is -0.458 e. The molecule has 0 amide bonds. The van der Waals surface area contributed by atoms with Gasteiger partial charge in [-0.25, -0.2) is 8.42 Å². The van der Waals surface area contributed by atoms with Crippen molar-refractivity contribution in [2.75, 3.05) is 0 Å². The molecule has 2 rings (SSSR count). The lowest BCUT2D eigenvalue weighted by atomic mass is 10.1. The molecule has 1 aromatic rings. The highest BCUT2D eigenvalue weighted by Gasteiger charge is 2.49. The molecular weight excluding hydrogens is 240 g/mol. The number of esters is 1. The lowest BCUT2D eigenvalue weighted by Gasteiger charge is -2.24. The van der Waals surface area contributed by atoms with Crippen molar-refractivity contribution >= 4 is 15.8 Å². The van der Waals surface area contributed by atoms with Crippen LogP contribution in [-0.4, -0.2) is 25.2 Å². The summed E-state index contributed by atoms with van der Waals surface area (Å²) in [7, 11) is -3.53. The van der Waals surface area contributed by atoms with E-state index in [0.29, 0.717) is 0 Å². The largest absolute Gasteiger partial charge is 0.458 e. The summed E-state index contributed by atoms with van der Waals surface area (Å²) in [6.45, 7) is 3.26. The average Bonchev–Trinajstić information content (AvgIpc) is 2.54. The number of benzene rings is 1. The molecule has 0 bridgehead atoms. The van der Waals surface area contributed by atoms with E-state index in [-0.39, 0.29) is 11.3 Å². The van der Waals surface area contributed by atoms with Crippen molar-refractivity contribution < 1.29 is 17.9 Å². The van der Waals surface area contributed by atoms with Crippen molar-refractivity contribution in [2.45, 2.75) is 36.0 Å². The molecule has 92 valence electrons. The molecule has 0 aliphatic carbocycles. The predicted octanol–water partition coefficient (Wildman–Crippen LogP) is 1.55. The minimum atomic E-state index is -3.53. The molecule has 0 spiro atoms. The Balaban J connectivity index is 2.44. The number of carbonyl (C=O) groups is 1. The Hall–Kier alpha value is -1.36. The summed E-state index contributed by atoms with van der Waals surface area (Å²) < 4.78 is 29.8. The van der Waals surface area contributed by atoms with Gasteiger partial charge in [-0.2, -0.15) is 0 Å². The third-order valence-corrected chi connectivity index (χ3v) is 5.36. The predicted molar refractivity (Wildman–Crippen MR) is 62.2 cm³/mol. The summed E-state index contributed by atoms with van der Waals surface area (Å²) in [5.74, 6) is -0.459. The van der Waals surface area contributed by atoms with Crippen LogP contribution >= 0.6 is 0 Å². The molecule has 1 aliphatic rings. The summed E-state index contributed by atoms with van der Waals surface area (Å²) in [6.07, 6.45) is -0.0791. The van der Waals surface area contributed by atoms with E-state index in [2.05, 4.69) is 0 Å². The zero-order valence-corrected chi connectivity index (χ0v) is 10.5. The van der Waals surface area contributed by atoms with Crippen molar-refractivity contribution in [2.24, 2.45) is 0 Å². The number of hydrogen-bond acceptors (Lipinski definition) is 4. The van der Waals surface area contributed by atoms with Crippen LogP contribution in [0.5, 0.6) is 0 Å². The van der Waals surface area contributed by atoms with E-state index >= 15 is 0 Å². The maximum atomic E-state index is 12.4. The van der Waals surface area contributed by atoms with Gasteiger partial charge in [0.25, 0.3) is 0 Å². The Labute approximate surface area is 101 Å². The number of carbonyl (C=O) groups excluding carboxylic acids is 1. The summed E-state index contributed by atoms with van der Waals surface area (Å²) in [6, 6.07) is 8.15. The summed E-state index contributed by atoms with van der Waals surface area (Å²) >= 11 is 0. The second kappa shape index (κ2) is 3.84. The number of cyclic esters (lactones) is 1. The highest BCUT2D eigenvalue weighted by Crippen LogP contribution is 2.34. The van der Waals surface area contributed by atoms with Crippen LogP contribution in [-0.2, 0) is 19.4 Å². The topological polar surface area (TPSA) is 60.4 Å². The van der Waals surface area contributed by atoms with E-state index in [1.807, 2.05) is 0 Å². The summed E-state index contributed by atoms with van der Waals surface area (Å²) in [5.41, 5.74) is -0.967. The van der Waals surface area contributed by atoms with Crippen molar-refractivity contribution in [1.29, 1.82) is 0 Å². The van der Waals surface area contributed by atoms with Crippen LogP contribution in [0.2, 0.25) is 0 Å². The van der Waals surface area contributed by atoms with Gasteiger partial charge in [0.1, 0.15) is 10.9 Å². The molecule has 1 aliphatic heterocycles. The Bertz CT molecular complexity index is 531. The number of hydrogen-bond donors (Lipinski definition) is 0. The van der Waals surface area contributed by atoms with E-state index in [4.69, 9.17) is 4.74 Å². The molecular formula is C12H14O4S. The fourth-order valence-electron chi connectivity index (χ4n) is 2.06. The first-order chi connectivity index (χ1) is 7.84. The maximum Gasteiger partial charge on any atom is 0.307 e. The molecule has 1 heterocycles. The third-order valence-electron chi connectivity index (χ3n) is 2.95. The second-order valence-corrected chi connectivity index (χ2v) is 6.76. The molecule has 4 nitrogen and oxygen atoms in total. The van der Waals surface area contributed by atoms with E-state index in [0.717, 1.165) is 0 Å². The van der Waals surface area contributed by atoms with Crippen LogP contribution in [0.25, 0.3) is 0 Å². The van der Waals surface area contributed by atoms with Crippen LogP contribution in [0.1, 0.15) is 20.3 Å². The Morgan fingerprint density at radius 2 is 1.82 bits per heavy atom. The molecule has 0 N–H and O–H groups in total. The van der Waals surface area contributed by atoms with Gasteiger partial charge in [-0.05, 0) is 26.0 Å². The van der Waals surface area contributed by atoms with Crippen molar-refractivity contribution in [3.63, 3.8) is 0 Å². The lowest BCUT2D eigenvalue weighted by Crippen LogP contribution is -2.38. The van der Waals surface area contributed by atoms with Gasteiger partial charge in [-0.1, -0.05) is 18.2 Å². The molecule has 17 heavy (non-hydrogen) atoms. The number of rotatable bonds is 2. The highest BCUT2D eigenvalue weighted by molar-refractivity contribution is 7.92. The van der Waals surface area contributed by atoms with Crippen molar-refractivity contribution in [3.8, 4) is 0 Å². The zero-order valence-electron chi connectivity index (χ0n) is 9.71. The van der Waals surface area contributed by atoms with Gasteiger partial charge in [0, 0.05) is 0 Å². The van der Waals surface area contributed by atoms with Gasteiger partial charge in [-0.3, -0.25) is 4.79 Å². The molecule has 1 saturated heterocycles. The Kier molecular flexibility index (Phi) is 2.73. The molecule has 1 aromatic carbocycles. The number of ether oxygens (including phenoxy) is 1. The SMILES string of the molecule is CC1(C)OC(=O)CC1S(=O)(=O)c1ccccc1. The minimum absolute atomic E-state index is 0.0791. The van der Waals surface area contributed by atoms with Crippen LogP contribution < -0.4 is 0 Å². The first-order valence-electron chi connectivity index (χ1n) is 5.35. The molecule has 0 radical (unpaired) electrons. The van der Waals surface area contributed by atoms with Gasteiger partial charge in [0.2, 0.25) is 0 Å². The quantitative estimate of drug-likeness (QED) is 0.751. The average molecular weight is 254 g/mol. The molecule has 1 unspecified atom stereocenters. The Morgan fingerprint density at radius 3 is 2.29 bits per heavy atom. The Morgan fingerprint density at radius 1 is 1.24 bits per heavy atom. The molecule has 1 fully saturated rings. The van der Waals surface area contributed by atoms with E-state index in [1.165, 1.54) is 12.1 Å². The van der Waals surface area contributed by atoms with Crippen LogP contribution in [0, 0.1) is 0 Å². The highest BCUT2D eigenvalue weighted by atomic mass is 32.2. The van der Waals surface area contributed by atoms with Gasteiger partial charge in [-0.15, -0.1) is 0 Å². The maximum absolute atomic E-state index is 12.4. The van der Waals surface area contributed by atoms with Gasteiger partial charge in [0.15, 0.2) is 9.84 Å². The van der Waals surface area contributed by atoms with Crippen LogP contribution in [0.15, 0.2) is 35.2 Å². The van der Waals surface area contributed by atoms with Gasteiger partial charge in [0.05, 0.1) is 11.3 Å². The van der Waals surface area contributed by atoms with Crippen molar-refractivity contribution in [3.05, 3.63) is 30.3 Å². The van der Waals surface area contributed by atoms with E-state index < -0.39 is 26.7 Å². The van der Waals surface area contributed by atoms with Crippen LogP contribution in [0.4, 0.5) is 0 Å². The van der Waals surface area contributed by atoms with Crippen molar-refractivity contribution in [1.82, 2.24) is 0 Å². The van der Waals surface area contributed by atoms with E-state index in [9.17, 15) is 13.2 Å². The second-order valence-electron chi connectivity index (χ2n) is 4.63. The molecule has 5 heteroatoms. The third kappa shape index (κ3) is 2.07. The zero-order chi connectivity index (χ0) is 12.7. The normalized spacial score (nSPS) is 23.4. The van der Waals surface area contributed by atoms with Crippen LogP contribution in [0.3, 0.4) is 0 Å². The standard InChI is InChI=1S/C12H14O4S/c1-12(2)10(8-11(13)16-12)17(14,15)9-6-4-3-5-7-9/h3-7,10H,8H2,1-2H3. The van der Waals surface area contributed by atoms with Gasteiger partial charge < -0.3 is 4.74 Å². The smallest absolute Gasteiger partial charge is 0.307 e. The molecule has 0 aromatic heterocycles. The first-order valence-corrected chi connectivity index (χ1v) is 6.89. The molecule has 1 atom stereocenters. The van der Waals surface area contributed by atoms with E-state index in [1.54, 1.807) is 32.0 Å². The summed E-state index contributed by atoms with van der Waals surface area (Å²) in [5, 5.41) is -0.815. The number of sulfone groups is 1. The summed E-state index contributed by atoms with van der Waals surface area (Å²) in [4.78, 5) is 11.5. The van der Waals surface area contributed by atoms with Gasteiger partial charge >= 0.3 is 5.97 Å². The fraction of sp³-hybridized carbons (Fsp3) is 0.417. The monoisotopic (exact) mass is 254 g/mol. The fourth-order valence-corrected chi connectivity index (χ4v) is 4.07.